The van der Waals surface area contributed by atoms with E-state index < -0.39 is 4.92 Å². The van der Waals surface area contributed by atoms with E-state index in [1.54, 1.807) is 18.2 Å². The Balaban J connectivity index is 2.42. The molecule has 0 heterocycles. The third kappa shape index (κ3) is 2.95. The molecule has 19 heavy (non-hydrogen) atoms. The molecule has 0 bridgehead atoms. The number of nitro benzene ring substituents is 1. The Bertz CT molecular complexity index is 617. The highest BCUT2D eigenvalue weighted by atomic mass is 35.5. The number of ether oxygens (including phenoxy) is 1. The van der Waals surface area contributed by atoms with Gasteiger partial charge in [-0.25, -0.2) is 0 Å². The second-order valence-electron chi connectivity index (χ2n) is 3.74. The average Bonchev–Trinajstić information content (AvgIpc) is 2.39. The molecule has 0 fully saturated rings. The van der Waals surface area contributed by atoms with Crippen molar-refractivity contribution in [2.75, 3.05) is 12.4 Å². The molecule has 0 unspecified atom stereocenters. The molecule has 0 saturated heterocycles. The summed E-state index contributed by atoms with van der Waals surface area (Å²) in [5.41, 5.74) is 0.910. The van der Waals surface area contributed by atoms with Crippen molar-refractivity contribution in [2.45, 2.75) is 0 Å². The highest BCUT2D eigenvalue weighted by Gasteiger charge is 2.15. The topological polar surface area (TPSA) is 64.4 Å². The van der Waals surface area contributed by atoms with E-state index in [4.69, 9.17) is 16.3 Å². The molecule has 1 N–H and O–H groups in total. The van der Waals surface area contributed by atoms with E-state index >= 15 is 0 Å². The van der Waals surface area contributed by atoms with Crippen LogP contribution in [0.2, 0.25) is 5.02 Å². The molecule has 98 valence electrons. The van der Waals surface area contributed by atoms with Gasteiger partial charge in [-0.2, -0.15) is 0 Å². The molecule has 0 amide bonds. The van der Waals surface area contributed by atoms with Gasteiger partial charge < -0.3 is 10.1 Å². The Morgan fingerprint density at radius 3 is 2.63 bits per heavy atom. The normalized spacial score (nSPS) is 10.0. The maximum Gasteiger partial charge on any atom is 0.292 e. The Hall–Kier alpha value is -2.27. The van der Waals surface area contributed by atoms with Crippen LogP contribution in [0.3, 0.4) is 0 Å². The smallest absolute Gasteiger partial charge is 0.292 e. The van der Waals surface area contributed by atoms with Crippen molar-refractivity contribution in [1.29, 1.82) is 0 Å². The monoisotopic (exact) mass is 278 g/mol. The van der Waals surface area contributed by atoms with Crippen LogP contribution < -0.4 is 10.1 Å². The molecule has 2 aromatic rings. The lowest BCUT2D eigenvalue weighted by atomic mass is 10.2. The molecule has 0 atom stereocenters. The van der Waals surface area contributed by atoms with Gasteiger partial charge in [-0.15, -0.1) is 0 Å². The molecule has 0 spiro atoms. The number of hydrogen-bond donors (Lipinski definition) is 1. The number of hydrogen-bond acceptors (Lipinski definition) is 4. The summed E-state index contributed by atoms with van der Waals surface area (Å²) in [6.07, 6.45) is 0. The molecule has 0 aromatic heterocycles. The fraction of sp³-hybridized carbons (Fsp3) is 0.0769. The number of rotatable bonds is 4. The van der Waals surface area contributed by atoms with Crippen molar-refractivity contribution in [3.8, 4) is 5.75 Å². The van der Waals surface area contributed by atoms with Gasteiger partial charge in [-0.1, -0.05) is 23.7 Å². The summed E-state index contributed by atoms with van der Waals surface area (Å²) in [5, 5.41) is 14.4. The minimum absolute atomic E-state index is 0.0460. The number of para-hydroxylation sites is 2. The number of benzene rings is 2. The Labute approximate surface area is 114 Å². The highest BCUT2D eigenvalue weighted by Crippen LogP contribution is 2.33. The lowest BCUT2D eigenvalue weighted by molar-refractivity contribution is -0.383. The zero-order chi connectivity index (χ0) is 13.8. The van der Waals surface area contributed by atoms with Gasteiger partial charge in [0.25, 0.3) is 5.69 Å². The maximum absolute atomic E-state index is 11.0. The van der Waals surface area contributed by atoms with Crippen LogP contribution in [0.5, 0.6) is 5.75 Å². The van der Waals surface area contributed by atoms with Gasteiger partial charge in [0.2, 0.25) is 0 Å². The molecule has 0 radical (unpaired) electrons. The van der Waals surface area contributed by atoms with E-state index in [0.717, 1.165) is 0 Å². The van der Waals surface area contributed by atoms with Crippen molar-refractivity contribution in [2.24, 2.45) is 0 Å². The summed E-state index contributed by atoms with van der Waals surface area (Å²) < 4.78 is 5.18. The number of anilines is 2. The first-order valence-corrected chi connectivity index (χ1v) is 5.83. The van der Waals surface area contributed by atoms with Gasteiger partial charge in [0, 0.05) is 11.1 Å². The molecule has 0 aliphatic rings. The van der Waals surface area contributed by atoms with Gasteiger partial charge >= 0.3 is 0 Å². The quantitative estimate of drug-likeness (QED) is 0.678. The molecule has 2 aromatic carbocycles. The van der Waals surface area contributed by atoms with Crippen molar-refractivity contribution >= 4 is 28.7 Å². The Morgan fingerprint density at radius 2 is 1.95 bits per heavy atom. The SMILES string of the molecule is COc1ccccc1Nc1cc(Cl)ccc1[N+](=O)[O-]. The standard InChI is InChI=1S/C13H11ClN2O3/c1-19-13-5-3-2-4-10(13)15-11-8-9(14)6-7-12(11)16(17)18/h2-8,15H,1H3. The van der Waals surface area contributed by atoms with Crippen LogP contribution in [0.25, 0.3) is 0 Å². The van der Waals surface area contributed by atoms with Crippen LogP contribution in [-0.2, 0) is 0 Å². The van der Waals surface area contributed by atoms with Crippen molar-refractivity contribution in [3.05, 3.63) is 57.6 Å². The minimum atomic E-state index is -0.464. The van der Waals surface area contributed by atoms with Crippen LogP contribution in [0.4, 0.5) is 17.1 Å². The Morgan fingerprint density at radius 1 is 1.21 bits per heavy atom. The first-order valence-electron chi connectivity index (χ1n) is 5.46. The predicted octanol–water partition coefficient (Wildman–Crippen LogP) is 4.00. The van der Waals surface area contributed by atoms with Crippen molar-refractivity contribution in [3.63, 3.8) is 0 Å². The number of nitrogens with zero attached hydrogens (tertiary/aromatic N) is 1. The molecular weight excluding hydrogens is 268 g/mol. The van der Waals surface area contributed by atoms with Crippen molar-refractivity contribution < 1.29 is 9.66 Å². The number of nitro groups is 1. The largest absolute Gasteiger partial charge is 0.495 e. The van der Waals surface area contributed by atoms with E-state index in [2.05, 4.69) is 5.32 Å². The fourth-order valence-electron chi connectivity index (χ4n) is 1.66. The number of methoxy groups -OCH3 is 1. The zero-order valence-electron chi connectivity index (χ0n) is 10.1. The summed E-state index contributed by atoms with van der Waals surface area (Å²) in [6, 6.07) is 11.5. The van der Waals surface area contributed by atoms with Gasteiger partial charge in [0.15, 0.2) is 0 Å². The van der Waals surface area contributed by atoms with E-state index in [1.165, 1.54) is 25.3 Å². The van der Waals surface area contributed by atoms with Crippen LogP contribution >= 0.6 is 11.6 Å². The van der Waals surface area contributed by atoms with Gasteiger partial charge in [-0.05, 0) is 24.3 Å². The van der Waals surface area contributed by atoms with Crippen LogP contribution in [0.15, 0.2) is 42.5 Å². The summed E-state index contributed by atoms with van der Waals surface area (Å²) in [6.45, 7) is 0. The first kappa shape index (κ1) is 13.2. The molecule has 0 saturated carbocycles. The summed E-state index contributed by atoms with van der Waals surface area (Å²) in [5.74, 6) is 0.594. The molecule has 0 aliphatic carbocycles. The number of halogens is 1. The fourth-order valence-corrected chi connectivity index (χ4v) is 1.83. The average molecular weight is 279 g/mol. The molecular formula is C13H11ClN2O3. The second kappa shape index (κ2) is 5.58. The summed E-state index contributed by atoms with van der Waals surface area (Å²) in [4.78, 5) is 10.5. The third-order valence-electron chi connectivity index (χ3n) is 2.53. The van der Waals surface area contributed by atoms with Gasteiger partial charge in [-0.3, -0.25) is 10.1 Å². The van der Waals surface area contributed by atoms with Crippen molar-refractivity contribution in [1.82, 2.24) is 0 Å². The zero-order valence-corrected chi connectivity index (χ0v) is 10.8. The van der Waals surface area contributed by atoms with E-state index in [-0.39, 0.29) is 5.69 Å². The van der Waals surface area contributed by atoms with E-state index in [9.17, 15) is 10.1 Å². The lowest BCUT2D eigenvalue weighted by Crippen LogP contribution is -1.98. The predicted molar refractivity (Wildman–Crippen MR) is 74.4 cm³/mol. The summed E-state index contributed by atoms with van der Waals surface area (Å²) >= 11 is 5.87. The van der Waals surface area contributed by atoms with Gasteiger partial charge in [0.1, 0.15) is 11.4 Å². The molecule has 6 heteroatoms. The Kier molecular flexibility index (Phi) is 3.87. The van der Waals surface area contributed by atoms with Crippen LogP contribution in [0.1, 0.15) is 0 Å². The highest BCUT2D eigenvalue weighted by molar-refractivity contribution is 6.31. The minimum Gasteiger partial charge on any atom is -0.495 e. The third-order valence-corrected chi connectivity index (χ3v) is 2.77. The van der Waals surface area contributed by atoms with Crippen LogP contribution in [0, 0.1) is 10.1 Å². The molecule has 5 nitrogen and oxygen atoms in total. The van der Waals surface area contributed by atoms with Gasteiger partial charge in [0.05, 0.1) is 17.7 Å². The molecule has 0 aliphatic heterocycles. The van der Waals surface area contributed by atoms with Crippen LogP contribution in [-0.4, -0.2) is 12.0 Å². The van der Waals surface area contributed by atoms with E-state index in [1.807, 2.05) is 6.07 Å². The summed E-state index contributed by atoms with van der Waals surface area (Å²) in [7, 11) is 1.53. The lowest BCUT2D eigenvalue weighted by Gasteiger charge is -2.11. The first-order chi connectivity index (χ1) is 9.11. The maximum atomic E-state index is 11.0. The molecule has 2 rings (SSSR count). The number of nitrogens with one attached hydrogen (secondary N) is 1. The van der Waals surface area contributed by atoms with E-state index in [0.29, 0.717) is 22.1 Å². The second-order valence-corrected chi connectivity index (χ2v) is 4.18.